The first-order valence-electron chi connectivity index (χ1n) is 6.75. The van der Waals surface area contributed by atoms with Gasteiger partial charge in [-0.25, -0.2) is 4.79 Å². The van der Waals surface area contributed by atoms with E-state index in [-0.39, 0.29) is 28.6 Å². The Hall–Kier alpha value is -3.15. The number of benzene rings is 2. The van der Waals surface area contributed by atoms with Crippen LogP contribution in [0.5, 0.6) is 23.0 Å². The van der Waals surface area contributed by atoms with E-state index in [0.29, 0.717) is 16.5 Å². The van der Waals surface area contributed by atoms with Gasteiger partial charge in [-0.15, -0.1) is 0 Å². The summed E-state index contributed by atoms with van der Waals surface area (Å²) >= 11 is 0. The Morgan fingerprint density at radius 2 is 1.61 bits per heavy atom. The number of fused-ring (bicyclic) bond motifs is 1. The summed E-state index contributed by atoms with van der Waals surface area (Å²) in [5, 5.41) is 20.0. The molecule has 0 aliphatic carbocycles. The highest BCUT2D eigenvalue weighted by atomic mass is 16.5. The number of phenolic OH excluding ortho intramolecular Hbond substituents is 2. The molecule has 0 radical (unpaired) electrons. The van der Waals surface area contributed by atoms with Gasteiger partial charge in [-0.1, -0.05) is 6.07 Å². The Labute approximate surface area is 131 Å². The van der Waals surface area contributed by atoms with E-state index < -0.39 is 5.63 Å². The second-order valence-electron chi connectivity index (χ2n) is 4.90. The summed E-state index contributed by atoms with van der Waals surface area (Å²) in [6.07, 6.45) is 0. The SMILES string of the molecule is COc1cc(-c2cc3cc(OC)c(O)cc3oc2=O)ccc1O. The number of phenols is 2. The molecule has 2 N–H and O–H groups in total. The molecule has 0 saturated heterocycles. The Kier molecular flexibility index (Phi) is 3.57. The lowest BCUT2D eigenvalue weighted by atomic mass is 10.1. The zero-order valence-corrected chi connectivity index (χ0v) is 12.5. The minimum atomic E-state index is -0.560. The Bertz CT molecular complexity index is 942. The average Bonchev–Trinajstić information content (AvgIpc) is 2.54. The molecule has 0 atom stereocenters. The van der Waals surface area contributed by atoms with Crippen LogP contribution in [0.15, 0.2) is 45.6 Å². The lowest BCUT2D eigenvalue weighted by molar-refractivity contribution is 0.373. The molecule has 3 aromatic rings. The lowest BCUT2D eigenvalue weighted by Crippen LogP contribution is -2.03. The molecular weight excluding hydrogens is 300 g/mol. The van der Waals surface area contributed by atoms with Gasteiger partial charge in [-0.2, -0.15) is 0 Å². The third kappa shape index (κ3) is 2.55. The molecule has 0 spiro atoms. The van der Waals surface area contributed by atoms with Gasteiger partial charge < -0.3 is 24.1 Å². The molecule has 0 saturated carbocycles. The molecule has 1 heterocycles. The van der Waals surface area contributed by atoms with Crippen LogP contribution in [0.4, 0.5) is 0 Å². The van der Waals surface area contributed by atoms with Crippen molar-refractivity contribution >= 4 is 11.0 Å². The molecule has 2 aromatic carbocycles. The fraction of sp³-hybridized carbons (Fsp3) is 0.118. The van der Waals surface area contributed by atoms with E-state index in [1.807, 2.05) is 0 Å². The molecule has 1 aromatic heterocycles. The molecule has 0 aliphatic heterocycles. The van der Waals surface area contributed by atoms with Crippen LogP contribution in [0.2, 0.25) is 0 Å². The number of hydrogen-bond acceptors (Lipinski definition) is 6. The maximum Gasteiger partial charge on any atom is 0.344 e. The third-order valence-electron chi connectivity index (χ3n) is 3.52. The first-order valence-corrected chi connectivity index (χ1v) is 6.75. The molecule has 0 unspecified atom stereocenters. The third-order valence-corrected chi connectivity index (χ3v) is 3.52. The molecule has 3 rings (SSSR count). The van der Waals surface area contributed by atoms with Crippen LogP contribution < -0.4 is 15.1 Å². The predicted octanol–water partition coefficient (Wildman–Crippen LogP) is 2.89. The molecule has 0 aliphatic rings. The number of ether oxygens (including phenoxy) is 2. The van der Waals surface area contributed by atoms with Gasteiger partial charge in [-0.05, 0) is 29.8 Å². The summed E-state index contributed by atoms with van der Waals surface area (Å²) in [5.74, 6) is 0.404. The van der Waals surface area contributed by atoms with Crippen molar-refractivity contribution in [2.45, 2.75) is 0 Å². The normalized spacial score (nSPS) is 10.7. The number of rotatable bonds is 3. The number of hydrogen-bond donors (Lipinski definition) is 2. The highest BCUT2D eigenvalue weighted by molar-refractivity contribution is 5.85. The summed E-state index contributed by atoms with van der Waals surface area (Å²) in [6.45, 7) is 0. The standard InChI is InChI=1S/C17H14O6/c1-21-15-6-9(3-4-12(15)18)11-5-10-7-16(22-2)13(19)8-14(10)23-17(11)20/h3-8,18-19H,1-2H3. The smallest absolute Gasteiger partial charge is 0.344 e. The molecule has 0 fully saturated rings. The molecule has 6 heteroatoms. The summed E-state index contributed by atoms with van der Waals surface area (Å²) < 4.78 is 15.4. The highest BCUT2D eigenvalue weighted by Crippen LogP contribution is 2.34. The van der Waals surface area contributed by atoms with Gasteiger partial charge in [0, 0.05) is 11.5 Å². The van der Waals surface area contributed by atoms with Gasteiger partial charge in [-0.3, -0.25) is 0 Å². The van der Waals surface area contributed by atoms with Crippen LogP contribution in [-0.2, 0) is 0 Å². The largest absolute Gasteiger partial charge is 0.504 e. The lowest BCUT2D eigenvalue weighted by Gasteiger charge is -2.08. The minimum absolute atomic E-state index is 0.0204. The van der Waals surface area contributed by atoms with Gasteiger partial charge in [0.15, 0.2) is 23.0 Å². The average molecular weight is 314 g/mol. The Balaban J connectivity index is 2.23. The van der Waals surface area contributed by atoms with Crippen LogP contribution in [0.1, 0.15) is 0 Å². The first-order chi connectivity index (χ1) is 11.0. The van der Waals surface area contributed by atoms with E-state index in [2.05, 4.69) is 0 Å². The van der Waals surface area contributed by atoms with Crippen molar-refractivity contribution in [1.82, 2.24) is 0 Å². The van der Waals surface area contributed by atoms with Gasteiger partial charge in [0.05, 0.1) is 19.8 Å². The second kappa shape index (κ2) is 5.57. The van der Waals surface area contributed by atoms with E-state index in [0.717, 1.165) is 0 Å². The van der Waals surface area contributed by atoms with Crippen LogP contribution in [0.3, 0.4) is 0 Å². The van der Waals surface area contributed by atoms with Crippen molar-refractivity contribution in [2.24, 2.45) is 0 Å². The zero-order chi connectivity index (χ0) is 16.6. The molecular formula is C17H14O6. The molecule has 0 bridgehead atoms. The summed E-state index contributed by atoms with van der Waals surface area (Å²) in [7, 11) is 2.86. The van der Waals surface area contributed by atoms with Crippen molar-refractivity contribution in [3.8, 4) is 34.1 Å². The monoisotopic (exact) mass is 314 g/mol. The van der Waals surface area contributed by atoms with Gasteiger partial charge >= 0.3 is 5.63 Å². The molecule has 23 heavy (non-hydrogen) atoms. The van der Waals surface area contributed by atoms with Crippen molar-refractivity contribution in [3.63, 3.8) is 0 Å². The molecule has 6 nitrogen and oxygen atoms in total. The maximum atomic E-state index is 12.2. The zero-order valence-electron chi connectivity index (χ0n) is 12.5. The van der Waals surface area contributed by atoms with Gasteiger partial charge in [0.25, 0.3) is 0 Å². The van der Waals surface area contributed by atoms with Gasteiger partial charge in [0.2, 0.25) is 0 Å². The van der Waals surface area contributed by atoms with Crippen molar-refractivity contribution in [1.29, 1.82) is 0 Å². The van der Waals surface area contributed by atoms with E-state index in [4.69, 9.17) is 13.9 Å². The van der Waals surface area contributed by atoms with Crippen LogP contribution in [0.25, 0.3) is 22.1 Å². The predicted molar refractivity (Wildman–Crippen MR) is 84.4 cm³/mol. The van der Waals surface area contributed by atoms with E-state index in [9.17, 15) is 15.0 Å². The highest BCUT2D eigenvalue weighted by Gasteiger charge is 2.13. The van der Waals surface area contributed by atoms with Crippen LogP contribution in [0, 0.1) is 0 Å². The summed E-state index contributed by atoms with van der Waals surface area (Å²) in [5.41, 5.74) is 0.545. The van der Waals surface area contributed by atoms with E-state index in [1.165, 1.54) is 26.4 Å². The van der Waals surface area contributed by atoms with Crippen molar-refractivity contribution in [3.05, 3.63) is 46.8 Å². The first kappa shape index (κ1) is 14.8. The van der Waals surface area contributed by atoms with Gasteiger partial charge in [0.1, 0.15) is 5.58 Å². The Morgan fingerprint density at radius 1 is 0.913 bits per heavy atom. The van der Waals surface area contributed by atoms with Crippen molar-refractivity contribution < 1.29 is 24.1 Å². The minimum Gasteiger partial charge on any atom is -0.504 e. The topological polar surface area (TPSA) is 89.1 Å². The van der Waals surface area contributed by atoms with Crippen molar-refractivity contribution in [2.75, 3.05) is 14.2 Å². The fourth-order valence-corrected chi connectivity index (χ4v) is 2.35. The summed E-state index contributed by atoms with van der Waals surface area (Å²) in [4.78, 5) is 12.2. The Morgan fingerprint density at radius 3 is 2.30 bits per heavy atom. The fourth-order valence-electron chi connectivity index (χ4n) is 2.35. The number of methoxy groups -OCH3 is 2. The van der Waals surface area contributed by atoms with Crippen LogP contribution in [-0.4, -0.2) is 24.4 Å². The number of aromatic hydroxyl groups is 2. The van der Waals surface area contributed by atoms with E-state index >= 15 is 0 Å². The summed E-state index contributed by atoms with van der Waals surface area (Å²) in [6, 6.07) is 9.12. The molecule has 118 valence electrons. The van der Waals surface area contributed by atoms with E-state index in [1.54, 1.807) is 24.3 Å². The molecule has 0 amide bonds. The van der Waals surface area contributed by atoms with Crippen LogP contribution >= 0.6 is 0 Å². The quantitative estimate of drug-likeness (QED) is 0.723. The maximum absolute atomic E-state index is 12.2. The second-order valence-corrected chi connectivity index (χ2v) is 4.90.